The minimum absolute atomic E-state index is 0.0569. The molecule has 31 heavy (non-hydrogen) atoms. The van der Waals surface area contributed by atoms with Gasteiger partial charge in [-0.15, -0.1) is 0 Å². The van der Waals surface area contributed by atoms with Crippen molar-refractivity contribution in [1.82, 2.24) is 10.2 Å². The monoisotopic (exact) mass is 432 g/mol. The topological polar surface area (TPSA) is 94.2 Å². The zero-order valence-electron chi connectivity index (χ0n) is 18.7. The molecule has 1 heterocycles. The molecule has 8 nitrogen and oxygen atoms in total. The summed E-state index contributed by atoms with van der Waals surface area (Å²) in [6.45, 7) is 6.64. The summed E-state index contributed by atoms with van der Waals surface area (Å²) < 4.78 is 15.3. The average molecular weight is 433 g/mol. The van der Waals surface area contributed by atoms with Crippen molar-refractivity contribution in [2.45, 2.75) is 52.2 Å². The molecule has 0 atom stereocenters. The second-order valence-electron chi connectivity index (χ2n) is 8.44. The van der Waals surface area contributed by atoms with Crippen LogP contribution >= 0.6 is 0 Å². The number of allylic oxidation sites excluding steroid dienone is 1. The molecule has 1 aliphatic heterocycles. The normalized spacial score (nSPS) is 15.2. The van der Waals surface area contributed by atoms with Gasteiger partial charge in [-0.1, -0.05) is 36.4 Å². The van der Waals surface area contributed by atoms with Gasteiger partial charge in [-0.2, -0.15) is 0 Å². The van der Waals surface area contributed by atoms with Crippen molar-refractivity contribution in [1.29, 1.82) is 0 Å². The Morgan fingerprint density at radius 2 is 1.77 bits per heavy atom. The van der Waals surface area contributed by atoms with Crippen molar-refractivity contribution in [3.8, 4) is 0 Å². The fourth-order valence-corrected chi connectivity index (χ4v) is 3.16. The maximum absolute atomic E-state index is 12.3. The Hall–Kier alpha value is -3.03. The number of carbonyl (C=O) groups is 3. The number of hydrogen-bond donors (Lipinski definition) is 1. The lowest BCUT2D eigenvalue weighted by atomic mass is 9.93. The number of carbonyl (C=O) groups excluding carboxylic acids is 3. The Balaban J connectivity index is 1.82. The number of amides is 2. The first-order valence-electron chi connectivity index (χ1n) is 10.4. The maximum atomic E-state index is 12.3. The lowest BCUT2D eigenvalue weighted by Gasteiger charge is -2.31. The number of rotatable bonds is 6. The number of esters is 1. The van der Waals surface area contributed by atoms with Crippen LogP contribution in [0.25, 0.3) is 0 Å². The van der Waals surface area contributed by atoms with Crippen LogP contribution in [0, 0.1) is 5.92 Å². The first kappa shape index (κ1) is 24.2. The molecule has 1 saturated heterocycles. The molecule has 0 bridgehead atoms. The van der Waals surface area contributed by atoms with Crippen molar-refractivity contribution in [2.75, 3.05) is 20.2 Å². The van der Waals surface area contributed by atoms with Gasteiger partial charge in [0, 0.05) is 13.1 Å². The molecule has 1 fully saturated rings. The third-order valence-electron chi connectivity index (χ3n) is 4.77. The number of nitrogens with one attached hydrogen (secondary N) is 1. The summed E-state index contributed by atoms with van der Waals surface area (Å²) in [7, 11) is 1.26. The van der Waals surface area contributed by atoms with Crippen molar-refractivity contribution < 1.29 is 28.6 Å². The van der Waals surface area contributed by atoms with Gasteiger partial charge in [0.1, 0.15) is 17.9 Å². The van der Waals surface area contributed by atoms with Gasteiger partial charge in [-0.3, -0.25) is 5.32 Å². The van der Waals surface area contributed by atoms with E-state index >= 15 is 0 Å². The second kappa shape index (κ2) is 11.4. The van der Waals surface area contributed by atoms with Crippen molar-refractivity contribution in [3.63, 3.8) is 0 Å². The Kier molecular flexibility index (Phi) is 8.90. The first-order chi connectivity index (χ1) is 14.7. The highest BCUT2D eigenvalue weighted by molar-refractivity contribution is 5.92. The van der Waals surface area contributed by atoms with E-state index in [0.717, 1.165) is 18.4 Å². The molecular formula is C23H32N2O6. The molecule has 0 saturated carbocycles. The molecule has 0 unspecified atom stereocenters. The average Bonchev–Trinajstić information content (AvgIpc) is 2.74. The van der Waals surface area contributed by atoms with E-state index in [0.29, 0.717) is 19.5 Å². The predicted molar refractivity (Wildman–Crippen MR) is 115 cm³/mol. The smallest absolute Gasteiger partial charge is 0.412 e. The maximum Gasteiger partial charge on any atom is 0.412 e. The van der Waals surface area contributed by atoms with E-state index in [1.54, 1.807) is 31.7 Å². The standard InChI is InChI=1S/C23H32N2O6/c1-23(2,3)31-21(27)24-19(20(26)29-4)11-10-17-12-14-25(15-13-17)22(28)30-16-18-8-6-5-7-9-18/h5-9,11,17H,10,12-16H2,1-4H3,(H,24,27). The lowest BCUT2D eigenvalue weighted by molar-refractivity contribution is -0.136. The minimum Gasteiger partial charge on any atom is -0.464 e. The molecule has 0 aliphatic carbocycles. The minimum atomic E-state index is -0.708. The van der Waals surface area contributed by atoms with Gasteiger partial charge in [0.2, 0.25) is 0 Å². The lowest BCUT2D eigenvalue weighted by Crippen LogP contribution is -2.38. The van der Waals surface area contributed by atoms with Crippen LogP contribution in [0.4, 0.5) is 9.59 Å². The van der Waals surface area contributed by atoms with Crippen LogP contribution in [-0.4, -0.2) is 48.9 Å². The van der Waals surface area contributed by atoms with Crippen LogP contribution in [0.2, 0.25) is 0 Å². The van der Waals surface area contributed by atoms with Gasteiger partial charge >= 0.3 is 18.2 Å². The van der Waals surface area contributed by atoms with E-state index in [1.807, 2.05) is 30.3 Å². The Labute approximate surface area is 183 Å². The highest BCUT2D eigenvalue weighted by atomic mass is 16.6. The Morgan fingerprint density at radius 1 is 1.13 bits per heavy atom. The number of benzene rings is 1. The molecule has 170 valence electrons. The third-order valence-corrected chi connectivity index (χ3v) is 4.77. The summed E-state index contributed by atoms with van der Waals surface area (Å²) in [5.41, 5.74) is 0.331. The number of piperidine rings is 1. The molecule has 0 spiro atoms. The van der Waals surface area contributed by atoms with E-state index in [9.17, 15) is 14.4 Å². The van der Waals surface area contributed by atoms with Crippen LogP contribution in [0.15, 0.2) is 42.1 Å². The first-order valence-corrected chi connectivity index (χ1v) is 10.4. The summed E-state index contributed by atoms with van der Waals surface area (Å²) in [4.78, 5) is 37.9. The predicted octanol–water partition coefficient (Wildman–Crippen LogP) is 4.01. The van der Waals surface area contributed by atoms with Gasteiger partial charge in [0.25, 0.3) is 0 Å². The molecule has 8 heteroatoms. The SMILES string of the molecule is COC(=O)C(=CCC1CCN(C(=O)OCc2ccccc2)CC1)NC(=O)OC(C)(C)C. The van der Waals surface area contributed by atoms with E-state index in [2.05, 4.69) is 5.32 Å². The third kappa shape index (κ3) is 8.70. The number of alkyl carbamates (subject to hydrolysis) is 1. The molecule has 1 N–H and O–H groups in total. The number of nitrogens with zero attached hydrogens (tertiary/aromatic N) is 1. The van der Waals surface area contributed by atoms with Crippen LogP contribution in [0.3, 0.4) is 0 Å². The van der Waals surface area contributed by atoms with Crippen LogP contribution in [0.1, 0.15) is 45.6 Å². The Bertz CT molecular complexity index is 777. The van der Waals surface area contributed by atoms with Crippen molar-refractivity contribution in [3.05, 3.63) is 47.7 Å². The highest BCUT2D eigenvalue weighted by Gasteiger charge is 2.24. The fraction of sp³-hybridized carbons (Fsp3) is 0.522. The summed E-state index contributed by atoms with van der Waals surface area (Å²) >= 11 is 0. The van der Waals surface area contributed by atoms with Gasteiger partial charge in [0.15, 0.2) is 0 Å². The zero-order valence-corrected chi connectivity index (χ0v) is 18.7. The molecule has 0 radical (unpaired) electrons. The number of hydrogen-bond acceptors (Lipinski definition) is 6. The number of methoxy groups -OCH3 is 1. The van der Waals surface area contributed by atoms with Crippen LogP contribution in [-0.2, 0) is 25.6 Å². The molecule has 1 aliphatic rings. The molecule has 0 aromatic heterocycles. The summed E-state index contributed by atoms with van der Waals surface area (Å²) in [5, 5.41) is 2.46. The summed E-state index contributed by atoms with van der Waals surface area (Å²) in [6.07, 6.45) is 2.76. The molecule has 1 aromatic rings. The van der Waals surface area contributed by atoms with E-state index in [4.69, 9.17) is 14.2 Å². The van der Waals surface area contributed by atoms with Gasteiger partial charge < -0.3 is 19.1 Å². The van der Waals surface area contributed by atoms with Gasteiger partial charge in [-0.25, -0.2) is 14.4 Å². The van der Waals surface area contributed by atoms with E-state index in [1.165, 1.54) is 7.11 Å². The zero-order chi connectivity index (χ0) is 22.9. The highest BCUT2D eigenvalue weighted by Crippen LogP contribution is 2.22. The molecular weight excluding hydrogens is 400 g/mol. The molecule has 2 amide bonds. The largest absolute Gasteiger partial charge is 0.464 e. The van der Waals surface area contributed by atoms with E-state index < -0.39 is 17.7 Å². The Morgan fingerprint density at radius 3 is 2.35 bits per heavy atom. The van der Waals surface area contributed by atoms with E-state index in [-0.39, 0.29) is 24.3 Å². The quantitative estimate of drug-likeness (QED) is 0.415. The number of likely N-dealkylation sites (tertiary alicyclic amines) is 1. The van der Waals surface area contributed by atoms with Crippen molar-refractivity contribution in [2.24, 2.45) is 5.92 Å². The van der Waals surface area contributed by atoms with Crippen molar-refractivity contribution >= 4 is 18.2 Å². The van der Waals surface area contributed by atoms with Gasteiger partial charge in [-0.05, 0) is 51.5 Å². The summed E-state index contributed by atoms with van der Waals surface area (Å²) in [6, 6.07) is 9.55. The van der Waals surface area contributed by atoms with Crippen LogP contribution in [0.5, 0.6) is 0 Å². The van der Waals surface area contributed by atoms with Crippen LogP contribution < -0.4 is 5.32 Å². The fourth-order valence-electron chi connectivity index (χ4n) is 3.16. The molecule has 1 aromatic carbocycles. The summed E-state index contributed by atoms with van der Waals surface area (Å²) in [5.74, 6) is -0.356. The second-order valence-corrected chi connectivity index (χ2v) is 8.44. The molecule has 2 rings (SSSR count). The van der Waals surface area contributed by atoms with Gasteiger partial charge in [0.05, 0.1) is 7.11 Å². The number of ether oxygens (including phenoxy) is 3.